The number of halogens is 3. The van der Waals surface area contributed by atoms with Crippen LogP contribution in [0.15, 0.2) is 67.5 Å². The van der Waals surface area contributed by atoms with E-state index in [2.05, 4.69) is 30.9 Å². The number of fused-ring (bicyclic) bond motifs is 1. The fraction of sp³-hybridized carbons (Fsp3) is 0.394. The number of amides is 2. The summed E-state index contributed by atoms with van der Waals surface area (Å²) in [4.78, 5) is 31.7. The van der Waals surface area contributed by atoms with Crippen LogP contribution in [0.25, 0.3) is 22.2 Å². The minimum absolute atomic E-state index is 0.00870. The van der Waals surface area contributed by atoms with Gasteiger partial charge in [-0.3, -0.25) is 23.6 Å². The predicted octanol–water partition coefficient (Wildman–Crippen LogP) is 4.18. The summed E-state index contributed by atoms with van der Waals surface area (Å²) in [6.07, 6.45) is 5.06. The molecule has 1 fully saturated rings. The van der Waals surface area contributed by atoms with Gasteiger partial charge in [0.25, 0.3) is 0 Å². The number of pyridine rings is 1. The molecule has 0 bridgehead atoms. The largest absolute Gasteiger partial charge is 0.419 e. The van der Waals surface area contributed by atoms with E-state index in [4.69, 9.17) is 0 Å². The van der Waals surface area contributed by atoms with E-state index in [0.29, 0.717) is 12.1 Å². The Hall–Kier alpha value is -5.01. The van der Waals surface area contributed by atoms with Crippen molar-refractivity contribution >= 4 is 22.8 Å². The van der Waals surface area contributed by atoms with E-state index >= 15 is 0 Å². The molecule has 0 saturated heterocycles. The number of hydrogen-bond donors (Lipinski definition) is 2. The molecule has 0 spiro atoms. The summed E-state index contributed by atoms with van der Waals surface area (Å²) in [5.74, 6) is -1.04. The number of nitrogens with zero attached hydrogens (tertiary/aromatic N) is 7. The Labute approximate surface area is 269 Å². The van der Waals surface area contributed by atoms with Crippen LogP contribution in [0.4, 0.5) is 13.2 Å². The standard InChI is InChI=1S/C33H36F3N9O2/c1-31(2,19-45-18-25(15-39-45)33(34,35)36)41-30(47)27(10-20-13-38-43(4)16-20)40-29(46)26-12-32(26,3)24-8-6-21(7-9-24)22-11-23-17-44(5)42-28(23)37-14-22/h6-9,11,13-18,26-27H,10,12,19H2,1-5H3,(H,40,46)(H,41,47)/t26-,27+,32-/m0/s1. The van der Waals surface area contributed by atoms with Crippen LogP contribution >= 0.6 is 0 Å². The number of nitrogens with one attached hydrogen (secondary N) is 2. The van der Waals surface area contributed by atoms with E-state index in [9.17, 15) is 22.8 Å². The molecule has 4 aromatic heterocycles. The lowest BCUT2D eigenvalue weighted by molar-refractivity contribution is -0.137. The number of rotatable bonds is 10. The monoisotopic (exact) mass is 647 g/mol. The Morgan fingerprint density at radius 3 is 2.40 bits per heavy atom. The maximum Gasteiger partial charge on any atom is 0.419 e. The average molecular weight is 648 g/mol. The Morgan fingerprint density at radius 1 is 1.00 bits per heavy atom. The summed E-state index contributed by atoms with van der Waals surface area (Å²) in [6.45, 7) is 5.41. The van der Waals surface area contributed by atoms with Gasteiger partial charge in [-0.05, 0) is 43.0 Å². The number of hydrogen-bond acceptors (Lipinski definition) is 6. The van der Waals surface area contributed by atoms with Gasteiger partial charge in [-0.1, -0.05) is 31.2 Å². The van der Waals surface area contributed by atoms with Crippen molar-refractivity contribution in [3.8, 4) is 11.1 Å². The topological polar surface area (TPSA) is 125 Å². The normalized spacial score (nSPS) is 18.7. The molecule has 47 heavy (non-hydrogen) atoms. The zero-order valence-corrected chi connectivity index (χ0v) is 26.7. The third kappa shape index (κ3) is 6.91. The van der Waals surface area contributed by atoms with E-state index in [1.165, 1.54) is 0 Å². The first-order valence-electron chi connectivity index (χ1n) is 15.2. The van der Waals surface area contributed by atoms with Crippen molar-refractivity contribution in [2.45, 2.75) is 63.3 Å². The number of benzene rings is 1. The zero-order chi connectivity index (χ0) is 33.7. The number of alkyl halides is 3. The lowest BCUT2D eigenvalue weighted by atomic mass is 9.93. The Kier molecular flexibility index (Phi) is 7.92. The van der Waals surface area contributed by atoms with Crippen LogP contribution in [-0.2, 0) is 48.2 Å². The van der Waals surface area contributed by atoms with Gasteiger partial charge < -0.3 is 10.6 Å². The first kappa shape index (κ1) is 32.0. The predicted molar refractivity (Wildman–Crippen MR) is 168 cm³/mol. The van der Waals surface area contributed by atoms with Crippen molar-refractivity contribution in [3.63, 3.8) is 0 Å². The Bertz CT molecular complexity index is 1940. The smallest absolute Gasteiger partial charge is 0.348 e. The molecule has 4 heterocycles. The highest BCUT2D eigenvalue weighted by Gasteiger charge is 2.56. The van der Waals surface area contributed by atoms with Crippen molar-refractivity contribution in [2.75, 3.05) is 0 Å². The van der Waals surface area contributed by atoms with E-state index in [-0.39, 0.29) is 24.8 Å². The van der Waals surface area contributed by atoms with E-state index in [0.717, 1.165) is 44.7 Å². The van der Waals surface area contributed by atoms with E-state index in [1.807, 2.05) is 50.5 Å². The van der Waals surface area contributed by atoms with E-state index < -0.39 is 34.6 Å². The van der Waals surface area contributed by atoms with Crippen LogP contribution in [0.2, 0.25) is 0 Å². The van der Waals surface area contributed by atoms with Crippen LogP contribution in [-0.4, -0.2) is 57.7 Å². The molecule has 0 aliphatic heterocycles. The SMILES string of the molecule is Cn1cc(C[C@@H](NC(=O)[C@@H]2C[C@@]2(C)c2ccc(-c3cnc4nn(C)cc4c3)cc2)C(=O)NC(C)(C)Cn2cc(C(F)(F)F)cn2)cn1. The van der Waals surface area contributed by atoms with Crippen LogP contribution < -0.4 is 10.6 Å². The molecule has 1 aliphatic rings. The van der Waals surface area contributed by atoms with Crippen LogP contribution in [0.3, 0.4) is 0 Å². The van der Waals surface area contributed by atoms with E-state index in [1.54, 1.807) is 48.8 Å². The van der Waals surface area contributed by atoms with Crippen LogP contribution in [0, 0.1) is 5.92 Å². The van der Waals surface area contributed by atoms with Gasteiger partial charge in [0.15, 0.2) is 5.65 Å². The van der Waals surface area contributed by atoms with Gasteiger partial charge in [-0.2, -0.15) is 28.5 Å². The summed E-state index contributed by atoms with van der Waals surface area (Å²) in [5, 5.41) is 19.1. The molecule has 0 unspecified atom stereocenters. The second kappa shape index (κ2) is 11.7. The van der Waals surface area contributed by atoms with Crippen molar-refractivity contribution in [3.05, 3.63) is 84.2 Å². The van der Waals surface area contributed by atoms with Gasteiger partial charge in [-0.15, -0.1) is 0 Å². The molecule has 5 aromatic rings. The van der Waals surface area contributed by atoms with Gasteiger partial charge in [0, 0.05) is 67.6 Å². The molecule has 2 N–H and O–H groups in total. The molecule has 1 saturated carbocycles. The molecule has 1 aliphatic carbocycles. The second-order valence-electron chi connectivity index (χ2n) is 13.3. The summed E-state index contributed by atoms with van der Waals surface area (Å²) < 4.78 is 43.7. The van der Waals surface area contributed by atoms with Crippen molar-refractivity contribution in [1.29, 1.82) is 0 Å². The van der Waals surface area contributed by atoms with Crippen LogP contribution in [0.5, 0.6) is 0 Å². The molecule has 3 atom stereocenters. The highest BCUT2D eigenvalue weighted by atomic mass is 19.4. The first-order chi connectivity index (χ1) is 22.1. The molecule has 11 nitrogen and oxygen atoms in total. The molecule has 0 radical (unpaired) electrons. The molecule has 1 aromatic carbocycles. The summed E-state index contributed by atoms with van der Waals surface area (Å²) in [7, 11) is 3.61. The molecular weight excluding hydrogens is 611 g/mol. The molecule has 6 rings (SSSR count). The summed E-state index contributed by atoms with van der Waals surface area (Å²) in [5.41, 5.74) is 2.17. The summed E-state index contributed by atoms with van der Waals surface area (Å²) in [6, 6.07) is 9.20. The highest BCUT2D eigenvalue weighted by molar-refractivity contribution is 5.91. The van der Waals surface area contributed by atoms with Crippen molar-refractivity contribution in [2.24, 2.45) is 20.0 Å². The number of aromatic nitrogens is 7. The highest BCUT2D eigenvalue weighted by Crippen LogP contribution is 2.54. The van der Waals surface area contributed by atoms with Gasteiger partial charge in [0.2, 0.25) is 11.8 Å². The molecule has 14 heteroatoms. The van der Waals surface area contributed by atoms with Gasteiger partial charge in [0.1, 0.15) is 6.04 Å². The van der Waals surface area contributed by atoms with Gasteiger partial charge >= 0.3 is 6.18 Å². The fourth-order valence-corrected chi connectivity index (χ4v) is 6.06. The Balaban J connectivity index is 1.14. The van der Waals surface area contributed by atoms with Crippen molar-refractivity contribution in [1.82, 2.24) is 45.0 Å². The number of carbonyl (C=O) groups is 2. The average Bonchev–Trinajstić information content (AvgIpc) is 3.34. The van der Waals surface area contributed by atoms with Crippen molar-refractivity contribution < 1.29 is 22.8 Å². The maximum atomic E-state index is 13.6. The number of aryl methyl sites for hydroxylation is 2. The first-order valence-corrected chi connectivity index (χ1v) is 15.2. The minimum Gasteiger partial charge on any atom is -0.348 e. The third-order valence-corrected chi connectivity index (χ3v) is 8.72. The van der Waals surface area contributed by atoms with Gasteiger partial charge in [0.05, 0.1) is 30.0 Å². The van der Waals surface area contributed by atoms with Gasteiger partial charge in [-0.25, -0.2) is 4.98 Å². The minimum atomic E-state index is -4.52. The second-order valence-corrected chi connectivity index (χ2v) is 13.3. The Morgan fingerprint density at radius 2 is 1.74 bits per heavy atom. The lowest BCUT2D eigenvalue weighted by Crippen LogP contribution is -2.55. The zero-order valence-electron chi connectivity index (χ0n) is 26.7. The summed E-state index contributed by atoms with van der Waals surface area (Å²) >= 11 is 0. The maximum absolute atomic E-state index is 13.6. The third-order valence-electron chi connectivity index (χ3n) is 8.72. The molecule has 246 valence electrons. The lowest BCUT2D eigenvalue weighted by Gasteiger charge is -2.29. The number of carbonyl (C=O) groups excluding carboxylic acids is 2. The van der Waals surface area contributed by atoms with Crippen LogP contribution in [0.1, 0.15) is 43.9 Å². The quantitative estimate of drug-likeness (QED) is 0.234. The molecular formula is C33H36F3N9O2. The fourth-order valence-electron chi connectivity index (χ4n) is 6.06. The molecule has 2 amide bonds.